The summed E-state index contributed by atoms with van der Waals surface area (Å²) in [6.07, 6.45) is 0.491. The van der Waals surface area contributed by atoms with Crippen molar-refractivity contribution in [2.75, 3.05) is 0 Å². The molecule has 0 aliphatic rings. The summed E-state index contributed by atoms with van der Waals surface area (Å²) in [5.41, 5.74) is 18.1. The molecule has 5 nitrogen and oxygen atoms in total. The van der Waals surface area contributed by atoms with Gasteiger partial charge < -0.3 is 17.2 Å². The summed E-state index contributed by atoms with van der Waals surface area (Å²) in [5, 5.41) is 0. The van der Waals surface area contributed by atoms with Gasteiger partial charge in [-0.15, -0.1) is 0 Å². The van der Waals surface area contributed by atoms with Crippen molar-refractivity contribution in [2.24, 2.45) is 28.1 Å². The Morgan fingerprint density at radius 2 is 2.00 bits per heavy atom. The highest BCUT2D eigenvalue weighted by molar-refractivity contribution is 5.85. The number of guanidine groups is 1. The molecule has 1 aromatic carbocycles. The van der Waals surface area contributed by atoms with Gasteiger partial charge in [-0.1, -0.05) is 26.0 Å². The summed E-state index contributed by atoms with van der Waals surface area (Å²) in [7, 11) is 0. The van der Waals surface area contributed by atoms with Crippen LogP contribution in [-0.2, 0) is 11.2 Å². The molecule has 0 aliphatic carbocycles. The Hall–Kier alpha value is -1.88. The molecule has 0 radical (unpaired) electrons. The summed E-state index contributed by atoms with van der Waals surface area (Å²) in [5.74, 6) is 0.0119. The number of hydrogen-bond acceptors (Lipinski definition) is 3. The predicted molar refractivity (Wildman–Crippen MR) is 73.4 cm³/mol. The SMILES string of the molecule is CC(C)C(=O)C(N)Cc1cccc(N=C(N)N)c1. The van der Waals surface area contributed by atoms with Gasteiger partial charge in [0.2, 0.25) is 0 Å². The molecule has 0 bridgehead atoms. The molecule has 6 N–H and O–H groups in total. The minimum atomic E-state index is -0.487. The van der Waals surface area contributed by atoms with Crippen molar-refractivity contribution in [1.82, 2.24) is 0 Å². The Morgan fingerprint density at radius 1 is 1.33 bits per heavy atom. The molecule has 0 aliphatic heterocycles. The quantitative estimate of drug-likeness (QED) is 0.526. The molecule has 0 aromatic heterocycles. The van der Waals surface area contributed by atoms with Crippen LogP contribution in [0.15, 0.2) is 29.3 Å². The van der Waals surface area contributed by atoms with Gasteiger partial charge in [0.15, 0.2) is 11.7 Å². The van der Waals surface area contributed by atoms with E-state index in [2.05, 4.69) is 4.99 Å². The van der Waals surface area contributed by atoms with E-state index in [4.69, 9.17) is 17.2 Å². The highest BCUT2D eigenvalue weighted by atomic mass is 16.1. The zero-order chi connectivity index (χ0) is 13.7. The van der Waals surface area contributed by atoms with Crippen molar-refractivity contribution in [1.29, 1.82) is 0 Å². The first-order valence-electron chi connectivity index (χ1n) is 5.88. The largest absolute Gasteiger partial charge is 0.370 e. The lowest BCUT2D eigenvalue weighted by molar-refractivity contribution is -0.123. The second kappa shape index (κ2) is 6.16. The Morgan fingerprint density at radius 3 is 2.56 bits per heavy atom. The number of Topliss-reactive ketones (excluding diaryl/α,β-unsaturated/α-hetero) is 1. The Balaban J connectivity index is 2.79. The fourth-order valence-corrected chi connectivity index (χ4v) is 1.68. The number of hydrogen-bond donors (Lipinski definition) is 3. The zero-order valence-electron chi connectivity index (χ0n) is 10.8. The average Bonchev–Trinajstić information content (AvgIpc) is 2.27. The number of ketones is 1. The summed E-state index contributed by atoms with van der Waals surface area (Å²) in [6.45, 7) is 3.69. The molecule has 0 saturated carbocycles. The number of nitrogens with zero attached hydrogens (tertiary/aromatic N) is 1. The fraction of sp³-hybridized carbons (Fsp3) is 0.385. The van der Waals surface area contributed by atoms with Gasteiger partial charge in [0, 0.05) is 5.92 Å². The number of carbonyl (C=O) groups is 1. The first-order chi connectivity index (χ1) is 8.40. The van der Waals surface area contributed by atoms with E-state index < -0.39 is 6.04 Å². The van der Waals surface area contributed by atoms with Crippen molar-refractivity contribution in [3.05, 3.63) is 29.8 Å². The van der Waals surface area contributed by atoms with Gasteiger partial charge in [-0.3, -0.25) is 4.79 Å². The van der Waals surface area contributed by atoms with Gasteiger partial charge in [0.25, 0.3) is 0 Å². The summed E-state index contributed by atoms with van der Waals surface area (Å²) >= 11 is 0. The van der Waals surface area contributed by atoms with E-state index in [9.17, 15) is 4.79 Å². The van der Waals surface area contributed by atoms with Gasteiger partial charge in [0.05, 0.1) is 11.7 Å². The normalized spacial score (nSPS) is 12.2. The Labute approximate surface area is 107 Å². The molecule has 0 fully saturated rings. The molecule has 1 unspecified atom stereocenters. The van der Waals surface area contributed by atoms with Crippen molar-refractivity contribution in [3.8, 4) is 0 Å². The molecule has 1 rings (SSSR count). The molecule has 18 heavy (non-hydrogen) atoms. The van der Waals surface area contributed by atoms with Gasteiger partial charge in [-0.25, -0.2) is 4.99 Å². The highest BCUT2D eigenvalue weighted by Crippen LogP contribution is 2.15. The second-order valence-corrected chi connectivity index (χ2v) is 4.57. The maximum atomic E-state index is 11.7. The lowest BCUT2D eigenvalue weighted by atomic mass is 9.96. The van der Waals surface area contributed by atoms with Crippen LogP contribution in [0, 0.1) is 5.92 Å². The maximum absolute atomic E-state index is 11.7. The van der Waals surface area contributed by atoms with E-state index in [1.54, 1.807) is 6.07 Å². The zero-order valence-corrected chi connectivity index (χ0v) is 10.8. The van der Waals surface area contributed by atoms with Crippen LogP contribution < -0.4 is 17.2 Å². The number of carbonyl (C=O) groups excluding carboxylic acids is 1. The van der Waals surface area contributed by atoms with Crippen LogP contribution in [0.2, 0.25) is 0 Å². The molecule has 0 spiro atoms. The number of benzene rings is 1. The van der Waals surface area contributed by atoms with E-state index in [1.165, 1.54) is 0 Å². The molecular formula is C13H20N4O. The Kier molecular flexibility index (Phi) is 4.85. The van der Waals surface area contributed by atoms with Crippen molar-refractivity contribution in [3.63, 3.8) is 0 Å². The summed E-state index contributed by atoms with van der Waals surface area (Å²) in [6, 6.07) is 6.87. The standard InChI is InChI=1S/C13H20N4O/c1-8(2)12(18)11(14)7-9-4-3-5-10(6-9)17-13(15)16/h3-6,8,11H,7,14H2,1-2H3,(H4,15,16,17). The minimum absolute atomic E-state index is 0.00899. The summed E-state index contributed by atoms with van der Waals surface area (Å²) < 4.78 is 0. The van der Waals surface area contributed by atoms with Crippen LogP contribution >= 0.6 is 0 Å². The smallest absolute Gasteiger partial charge is 0.191 e. The van der Waals surface area contributed by atoms with E-state index in [0.29, 0.717) is 12.1 Å². The minimum Gasteiger partial charge on any atom is -0.370 e. The van der Waals surface area contributed by atoms with Crippen LogP contribution in [0.5, 0.6) is 0 Å². The third-order valence-electron chi connectivity index (χ3n) is 2.56. The van der Waals surface area contributed by atoms with Gasteiger partial charge in [-0.2, -0.15) is 0 Å². The molecule has 0 amide bonds. The molecular weight excluding hydrogens is 228 g/mol. The van der Waals surface area contributed by atoms with Crippen molar-refractivity contribution < 1.29 is 4.79 Å². The first kappa shape index (κ1) is 14.2. The van der Waals surface area contributed by atoms with Gasteiger partial charge >= 0.3 is 0 Å². The van der Waals surface area contributed by atoms with Crippen molar-refractivity contribution >= 4 is 17.4 Å². The fourth-order valence-electron chi connectivity index (χ4n) is 1.68. The number of rotatable bonds is 5. The predicted octanol–water partition coefficient (Wildman–Crippen LogP) is 0.686. The van der Waals surface area contributed by atoms with Crippen LogP contribution in [0.25, 0.3) is 0 Å². The lowest BCUT2D eigenvalue weighted by Crippen LogP contribution is -2.35. The number of nitrogens with two attached hydrogens (primary N) is 3. The molecule has 0 saturated heterocycles. The average molecular weight is 248 g/mol. The monoisotopic (exact) mass is 248 g/mol. The second-order valence-electron chi connectivity index (χ2n) is 4.57. The molecule has 1 atom stereocenters. The molecule has 0 heterocycles. The first-order valence-corrected chi connectivity index (χ1v) is 5.88. The Bertz CT molecular complexity index is 450. The van der Waals surface area contributed by atoms with Crippen LogP contribution in [-0.4, -0.2) is 17.8 Å². The van der Waals surface area contributed by atoms with Gasteiger partial charge in [-0.05, 0) is 24.1 Å². The number of aliphatic imine (C=N–C) groups is 1. The van der Waals surface area contributed by atoms with Crippen LogP contribution in [0.4, 0.5) is 5.69 Å². The topological polar surface area (TPSA) is 107 Å². The van der Waals surface area contributed by atoms with E-state index >= 15 is 0 Å². The molecule has 1 aromatic rings. The maximum Gasteiger partial charge on any atom is 0.191 e. The van der Waals surface area contributed by atoms with Gasteiger partial charge in [0.1, 0.15) is 0 Å². The van der Waals surface area contributed by atoms with Crippen LogP contribution in [0.3, 0.4) is 0 Å². The molecule has 98 valence electrons. The summed E-state index contributed by atoms with van der Waals surface area (Å²) in [4.78, 5) is 15.7. The lowest BCUT2D eigenvalue weighted by Gasteiger charge is -2.13. The van der Waals surface area contributed by atoms with E-state index in [0.717, 1.165) is 5.56 Å². The van der Waals surface area contributed by atoms with E-state index in [1.807, 2.05) is 32.0 Å². The van der Waals surface area contributed by atoms with Crippen molar-refractivity contribution in [2.45, 2.75) is 26.3 Å². The molecule has 5 heteroatoms. The van der Waals surface area contributed by atoms with Crippen LogP contribution in [0.1, 0.15) is 19.4 Å². The third-order valence-corrected chi connectivity index (χ3v) is 2.56. The third kappa shape index (κ3) is 4.18. The van der Waals surface area contributed by atoms with E-state index in [-0.39, 0.29) is 17.7 Å². The highest BCUT2D eigenvalue weighted by Gasteiger charge is 2.17.